The standard InChI is InChI=1S/C6H5N/c7-5-1-2-6-3-4-6/h1H,3-4H2. The van der Waals surface area contributed by atoms with Crippen molar-refractivity contribution in [3.05, 3.63) is 17.4 Å². The van der Waals surface area contributed by atoms with E-state index < -0.39 is 0 Å². The number of hydrogen-bond acceptors (Lipinski definition) is 1. The third-order valence-corrected chi connectivity index (χ3v) is 0.841. The van der Waals surface area contributed by atoms with Crippen molar-refractivity contribution in [1.29, 1.82) is 5.26 Å². The van der Waals surface area contributed by atoms with Gasteiger partial charge in [-0.1, -0.05) is 0 Å². The summed E-state index contributed by atoms with van der Waals surface area (Å²) < 4.78 is 0. The molecule has 0 aromatic rings. The summed E-state index contributed by atoms with van der Waals surface area (Å²) in [4.78, 5) is 0. The zero-order valence-corrected chi connectivity index (χ0v) is 3.94. The molecule has 0 N–H and O–H groups in total. The van der Waals surface area contributed by atoms with Crippen molar-refractivity contribution in [2.45, 2.75) is 12.8 Å². The molecule has 1 saturated carbocycles. The molecule has 7 heavy (non-hydrogen) atoms. The maximum absolute atomic E-state index is 7.96. The predicted molar refractivity (Wildman–Crippen MR) is 26.4 cm³/mol. The Balaban J connectivity index is 2.63. The first-order valence-electron chi connectivity index (χ1n) is 2.26. The van der Waals surface area contributed by atoms with Gasteiger partial charge in [-0.05, 0) is 18.4 Å². The van der Waals surface area contributed by atoms with Gasteiger partial charge in [-0.2, -0.15) is 5.26 Å². The van der Waals surface area contributed by atoms with Crippen LogP contribution in [0.3, 0.4) is 0 Å². The molecular formula is C6H5N. The second-order valence-electron chi connectivity index (χ2n) is 1.52. The van der Waals surface area contributed by atoms with Crippen molar-refractivity contribution in [2.24, 2.45) is 0 Å². The molecule has 1 rings (SSSR count). The first-order chi connectivity index (χ1) is 3.43. The third-order valence-electron chi connectivity index (χ3n) is 0.841. The van der Waals surface area contributed by atoms with Crippen LogP contribution in [0.15, 0.2) is 17.4 Å². The van der Waals surface area contributed by atoms with E-state index >= 15 is 0 Å². The number of allylic oxidation sites excluding steroid dienone is 1. The molecule has 0 atom stereocenters. The van der Waals surface area contributed by atoms with Crippen molar-refractivity contribution >= 4 is 0 Å². The average molecular weight is 91.1 g/mol. The Morgan fingerprint density at radius 2 is 2.29 bits per heavy atom. The van der Waals surface area contributed by atoms with Gasteiger partial charge in [0.25, 0.3) is 0 Å². The van der Waals surface area contributed by atoms with Gasteiger partial charge in [-0.25, -0.2) is 0 Å². The van der Waals surface area contributed by atoms with E-state index in [1.165, 1.54) is 11.6 Å². The highest BCUT2D eigenvalue weighted by Gasteiger charge is 2.07. The van der Waals surface area contributed by atoms with E-state index in [2.05, 4.69) is 5.73 Å². The summed E-state index contributed by atoms with van der Waals surface area (Å²) in [5, 5.41) is 7.96. The lowest BCUT2D eigenvalue weighted by atomic mass is 10.6. The molecular weight excluding hydrogens is 86.1 g/mol. The fourth-order valence-electron chi connectivity index (χ4n) is 0.341. The minimum absolute atomic E-state index is 1.15. The second-order valence-corrected chi connectivity index (χ2v) is 1.52. The Hall–Kier alpha value is -0.990. The fraction of sp³-hybridized carbons (Fsp3) is 0.333. The molecule has 0 spiro atoms. The Morgan fingerprint density at radius 3 is 2.71 bits per heavy atom. The van der Waals surface area contributed by atoms with E-state index in [4.69, 9.17) is 5.26 Å². The van der Waals surface area contributed by atoms with Gasteiger partial charge in [0.15, 0.2) is 0 Å². The summed E-state index contributed by atoms with van der Waals surface area (Å²) in [6.45, 7) is 0. The minimum atomic E-state index is 1.15. The molecule has 0 amide bonds. The zero-order valence-electron chi connectivity index (χ0n) is 3.94. The summed E-state index contributed by atoms with van der Waals surface area (Å²) in [6, 6.07) is 1.88. The molecule has 0 bridgehead atoms. The lowest BCUT2D eigenvalue weighted by Crippen LogP contribution is -1.36. The summed E-state index contributed by atoms with van der Waals surface area (Å²) in [7, 11) is 0. The monoisotopic (exact) mass is 91.0 g/mol. The van der Waals surface area contributed by atoms with Crippen LogP contribution in [0.2, 0.25) is 0 Å². The van der Waals surface area contributed by atoms with Crippen LogP contribution in [-0.4, -0.2) is 0 Å². The van der Waals surface area contributed by atoms with Crippen molar-refractivity contribution < 1.29 is 0 Å². The Labute approximate surface area is 42.6 Å². The lowest BCUT2D eigenvalue weighted by Gasteiger charge is -1.49. The molecule has 0 aromatic carbocycles. The normalized spacial score (nSPS) is 14.4. The highest BCUT2D eigenvalue weighted by molar-refractivity contribution is 5.18. The van der Waals surface area contributed by atoms with Crippen molar-refractivity contribution in [2.75, 3.05) is 0 Å². The molecule has 0 aromatic heterocycles. The van der Waals surface area contributed by atoms with Crippen molar-refractivity contribution in [1.82, 2.24) is 0 Å². The lowest BCUT2D eigenvalue weighted by molar-refractivity contribution is 1.50. The second kappa shape index (κ2) is 1.64. The van der Waals surface area contributed by atoms with E-state index in [9.17, 15) is 0 Å². The number of hydrogen-bond donors (Lipinski definition) is 0. The SMILES string of the molecule is N#CC=C=C1CC1. The highest BCUT2D eigenvalue weighted by atomic mass is 14.2. The Morgan fingerprint density at radius 1 is 1.57 bits per heavy atom. The number of nitriles is 1. The molecule has 0 heterocycles. The average Bonchev–Trinajstić information content (AvgIpc) is 2.42. The fourth-order valence-corrected chi connectivity index (χ4v) is 0.341. The van der Waals surface area contributed by atoms with Crippen LogP contribution in [0.5, 0.6) is 0 Å². The van der Waals surface area contributed by atoms with E-state index in [-0.39, 0.29) is 0 Å². The largest absolute Gasteiger partial charge is 0.192 e. The minimum Gasteiger partial charge on any atom is -0.192 e. The molecule has 1 nitrogen and oxygen atoms in total. The van der Waals surface area contributed by atoms with E-state index in [0.717, 1.165) is 12.8 Å². The molecule has 1 heteroatoms. The molecule has 1 fully saturated rings. The van der Waals surface area contributed by atoms with Crippen molar-refractivity contribution in [3.63, 3.8) is 0 Å². The maximum Gasteiger partial charge on any atom is 0.0996 e. The van der Waals surface area contributed by atoms with Crippen LogP contribution in [0.1, 0.15) is 12.8 Å². The molecule has 0 radical (unpaired) electrons. The van der Waals surface area contributed by atoms with E-state index in [1.54, 1.807) is 0 Å². The highest BCUT2D eigenvalue weighted by Crippen LogP contribution is 2.25. The van der Waals surface area contributed by atoms with Gasteiger partial charge < -0.3 is 0 Å². The smallest absolute Gasteiger partial charge is 0.0996 e. The molecule has 0 unspecified atom stereocenters. The summed E-state index contributed by atoms with van der Waals surface area (Å²) in [6.07, 6.45) is 3.71. The maximum atomic E-state index is 7.96. The summed E-state index contributed by atoms with van der Waals surface area (Å²) >= 11 is 0. The zero-order chi connectivity index (χ0) is 5.11. The molecule has 0 aliphatic heterocycles. The van der Waals surface area contributed by atoms with Gasteiger partial charge in [-0.3, -0.25) is 0 Å². The van der Waals surface area contributed by atoms with Crippen LogP contribution in [0.4, 0.5) is 0 Å². The van der Waals surface area contributed by atoms with Crippen LogP contribution in [0.25, 0.3) is 0 Å². The Bertz CT molecular complexity index is 159. The quantitative estimate of drug-likeness (QED) is 0.326. The molecule has 1 aliphatic rings. The first kappa shape index (κ1) is 4.18. The van der Waals surface area contributed by atoms with Gasteiger partial charge in [-0.15, -0.1) is 5.73 Å². The van der Waals surface area contributed by atoms with Crippen LogP contribution < -0.4 is 0 Å². The van der Waals surface area contributed by atoms with Crippen LogP contribution in [0, 0.1) is 11.3 Å². The van der Waals surface area contributed by atoms with Crippen LogP contribution in [-0.2, 0) is 0 Å². The van der Waals surface area contributed by atoms with E-state index in [0.29, 0.717) is 0 Å². The molecule has 0 saturated heterocycles. The van der Waals surface area contributed by atoms with Gasteiger partial charge in [0.05, 0.1) is 12.1 Å². The number of nitrogens with zero attached hydrogens (tertiary/aromatic N) is 1. The van der Waals surface area contributed by atoms with Gasteiger partial charge >= 0.3 is 0 Å². The molecule has 1 aliphatic carbocycles. The topological polar surface area (TPSA) is 23.8 Å². The Kier molecular flexibility index (Phi) is 0.978. The third kappa shape index (κ3) is 1.26. The van der Waals surface area contributed by atoms with Gasteiger partial charge in [0, 0.05) is 0 Å². The van der Waals surface area contributed by atoms with E-state index in [1.807, 2.05) is 6.07 Å². The first-order valence-corrected chi connectivity index (χ1v) is 2.26. The number of rotatable bonds is 0. The summed E-state index contributed by atoms with van der Waals surface area (Å²) in [5.74, 6) is 0. The van der Waals surface area contributed by atoms with Crippen molar-refractivity contribution in [3.8, 4) is 6.07 Å². The van der Waals surface area contributed by atoms with Crippen LogP contribution >= 0.6 is 0 Å². The predicted octanol–water partition coefficient (Wildman–Crippen LogP) is 1.39. The van der Waals surface area contributed by atoms with Gasteiger partial charge in [0.2, 0.25) is 0 Å². The molecule has 34 valence electrons. The van der Waals surface area contributed by atoms with Gasteiger partial charge in [0.1, 0.15) is 0 Å². The summed E-state index contributed by atoms with van der Waals surface area (Å²) in [5.41, 5.74) is 4.12.